The molecule has 1 heterocycles. The number of likely N-dealkylation sites (N-methyl/N-ethyl adjacent to an activating group) is 1. The molecule has 5 nitrogen and oxygen atoms in total. The van der Waals surface area contributed by atoms with Crippen molar-refractivity contribution in [2.24, 2.45) is 5.73 Å². The van der Waals surface area contributed by atoms with Gasteiger partial charge in [-0.3, -0.25) is 0 Å². The predicted molar refractivity (Wildman–Crippen MR) is 75.1 cm³/mol. The zero-order chi connectivity index (χ0) is 14.8. The number of hydrogen-bond acceptors (Lipinski definition) is 4. The predicted octanol–water partition coefficient (Wildman–Crippen LogP) is 0.657. The lowest BCUT2D eigenvalue weighted by molar-refractivity contribution is 0.310. The molecule has 1 atom stereocenters. The third-order valence-corrected chi connectivity index (χ3v) is 5.14. The van der Waals surface area contributed by atoms with Gasteiger partial charge in [0.15, 0.2) is 0 Å². The van der Waals surface area contributed by atoms with E-state index in [0.29, 0.717) is 12.1 Å². The van der Waals surface area contributed by atoms with Crippen LogP contribution < -0.4 is 10.5 Å². The van der Waals surface area contributed by atoms with Crippen molar-refractivity contribution in [1.82, 2.24) is 9.62 Å². The van der Waals surface area contributed by atoms with Gasteiger partial charge < -0.3 is 10.6 Å². The lowest BCUT2D eigenvalue weighted by atomic mass is 10.2. The number of nitrogens with one attached hydrogen (secondary N) is 1. The highest BCUT2D eigenvalue weighted by Crippen LogP contribution is 2.18. The molecule has 112 valence electrons. The maximum absolute atomic E-state index is 13.7. The Bertz CT molecular complexity index is 577. The molecule has 7 heteroatoms. The van der Waals surface area contributed by atoms with Crippen molar-refractivity contribution in [1.29, 1.82) is 0 Å². The molecule has 0 saturated carbocycles. The first kappa shape index (κ1) is 15.4. The van der Waals surface area contributed by atoms with E-state index in [4.69, 9.17) is 5.73 Å². The SMILES string of the molecule is CN1CCCC1CNS(=O)(=O)c1cc(CN)ccc1F. The molecule has 3 N–H and O–H groups in total. The summed E-state index contributed by atoms with van der Waals surface area (Å²) < 4.78 is 40.5. The van der Waals surface area contributed by atoms with Crippen LogP contribution in [0.3, 0.4) is 0 Å². The van der Waals surface area contributed by atoms with Crippen molar-refractivity contribution in [2.75, 3.05) is 20.1 Å². The maximum Gasteiger partial charge on any atom is 0.243 e. The molecule has 0 amide bonds. The lowest BCUT2D eigenvalue weighted by Crippen LogP contribution is -2.38. The number of rotatable bonds is 5. The Morgan fingerprint density at radius 1 is 1.50 bits per heavy atom. The smallest absolute Gasteiger partial charge is 0.243 e. The van der Waals surface area contributed by atoms with Crippen LogP contribution in [0.5, 0.6) is 0 Å². The van der Waals surface area contributed by atoms with E-state index in [2.05, 4.69) is 9.62 Å². The Kier molecular flexibility index (Phi) is 4.74. The molecule has 0 aliphatic carbocycles. The zero-order valence-electron chi connectivity index (χ0n) is 11.5. The van der Waals surface area contributed by atoms with E-state index in [9.17, 15) is 12.8 Å². The quantitative estimate of drug-likeness (QED) is 0.837. The van der Waals surface area contributed by atoms with Crippen LogP contribution in [0.15, 0.2) is 23.1 Å². The van der Waals surface area contributed by atoms with Crippen molar-refractivity contribution in [2.45, 2.75) is 30.3 Å². The van der Waals surface area contributed by atoms with Crippen molar-refractivity contribution in [3.05, 3.63) is 29.6 Å². The number of likely N-dealkylation sites (tertiary alicyclic amines) is 1. The van der Waals surface area contributed by atoms with E-state index in [1.54, 1.807) is 0 Å². The number of halogens is 1. The topological polar surface area (TPSA) is 75.4 Å². The summed E-state index contributed by atoms with van der Waals surface area (Å²) in [6, 6.07) is 4.08. The third kappa shape index (κ3) is 3.35. The summed E-state index contributed by atoms with van der Waals surface area (Å²) in [6.45, 7) is 1.43. The molecular formula is C13H20FN3O2S. The molecule has 1 aromatic rings. The van der Waals surface area contributed by atoms with Gasteiger partial charge >= 0.3 is 0 Å². The standard InChI is InChI=1S/C13H20FN3O2S/c1-17-6-2-3-11(17)9-16-20(18,19)13-7-10(8-15)4-5-12(13)14/h4-5,7,11,16H,2-3,6,8-9,15H2,1H3. The van der Waals surface area contributed by atoms with Crippen LogP contribution in [-0.2, 0) is 16.6 Å². The van der Waals surface area contributed by atoms with Gasteiger partial charge in [-0.25, -0.2) is 17.5 Å². The fourth-order valence-corrected chi connectivity index (χ4v) is 3.60. The Hall–Kier alpha value is -1.02. The molecule has 1 fully saturated rings. The Balaban J connectivity index is 2.13. The van der Waals surface area contributed by atoms with E-state index in [-0.39, 0.29) is 17.5 Å². The normalized spacial score (nSPS) is 20.4. The summed E-state index contributed by atoms with van der Waals surface area (Å²) in [4.78, 5) is 1.77. The minimum absolute atomic E-state index is 0.172. The fraction of sp³-hybridized carbons (Fsp3) is 0.538. The van der Waals surface area contributed by atoms with Crippen molar-refractivity contribution < 1.29 is 12.8 Å². The van der Waals surface area contributed by atoms with Gasteiger partial charge in [-0.15, -0.1) is 0 Å². The lowest BCUT2D eigenvalue weighted by Gasteiger charge is -2.19. The zero-order valence-corrected chi connectivity index (χ0v) is 12.3. The highest BCUT2D eigenvalue weighted by molar-refractivity contribution is 7.89. The molecule has 1 unspecified atom stereocenters. The van der Waals surface area contributed by atoms with Crippen molar-refractivity contribution >= 4 is 10.0 Å². The number of hydrogen-bond donors (Lipinski definition) is 2. The summed E-state index contributed by atoms with van der Waals surface area (Å²) in [5.74, 6) is -0.755. The van der Waals surface area contributed by atoms with Crippen LogP contribution >= 0.6 is 0 Å². The van der Waals surface area contributed by atoms with E-state index in [1.165, 1.54) is 12.1 Å². The van der Waals surface area contributed by atoms with Crippen LogP contribution in [0.1, 0.15) is 18.4 Å². The molecule has 0 spiro atoms. The van der Waals surface area contributed by atoms with Gasteiger partial charge in [0.2, 0.25) is 10.0 Å². The van der Waals surface area contributed by atoms with Gasteiger partial charge in [0.1, 0.15) is 10.7 Å². The van der Waals surface area contributed by atoms with Crippen LogP contribution in [0.2, 0.25) is 0 Å². The van der Waals surface area contributed by atoms with E-state index < -0.39 is 15.8 Å². The van der Waals surface area contributed by atoms with Gasteiger partial charge in [-0.2, -0.15) is 0 Å². The Morgan fingerprint density at radius 2 is 2.25 bits per heavy atom. The number of sulfonamides is 1. The largest absolute Gasteiger partial charge is 0.326 e. The second kappa shape index (κ2) is 6.17. The molecule has 20 heavy (non-hydrogen) atoms. The molecule has 0 radical (unpaired) electrons. The number of nitrogens with two attached hydrogens (primary N) is 1. The molecular weight excluding hydrogens is 281 g/mol. The highest BCUT2D eigenvalue weighted by Gasteiger charge is 2.25. The average Bonchev–Trinajstić information content (AvgIpc) is 2.82. The maximum atomic E-state index is 13.7. The van der Waals surface area contributed by atoms with Crippen molar-refractivity contribution in [3.8, 4) is 0 Å². The summed E-state index contributed by atoms with van der Waals surface area (Å²) >= 11 is 0. The van der Waals surface area contributed by atoms with Gasteiger partial charge in [0.05, 0.1) is 0 Å². The molecule has 1 aliphatic heterocycles. The van der Waals surface area contributed by atoms with Gasteiger partial charge in [0.25, 0.3) is 0 Å². The molecule has 0 aromatic heterocycles. The molecule has 1 aliphatic rings. The second-order valence-corrected chi connectivity index (χ2v) is 6.83. The third-order valence-electron chi connectivity index (χ3n) is 3.70. The van der Waals surface area contributed by atoms with Gasteiger partial charge in [0, 0.05) is 19.1 Å². The van der Waals surface area contributed by atoms with Crippen molar-refractivity contribution in [3.63, 3.8) is 0 Å². The first-order valence-electron chi connectivity index (χ1n) is 6.62. The van der Waals surface area contributed by atoms with E-state index >= 15 is 0 Å². The van der Waals surface area contributed by atoms with Gasteiger partial charge in [-0.05, 0) is 44.1 Å². The number of benzene rings is 1. The van der Waals surface area contributed by atoms with Crippen LogP contribution in [0, 0.1) is 5.82 Å². The van der Waals surface area contributed by atoms with Crippen LogP contribution in [-0.4, -0.2) is 39.5 Å². The number of nitrogens with zero attached hydrogens (tertiary/aromatic N) is 1. The molecule has 0 bridgehead atoms. The molecule has 2 rings (SSSR count). The summed E-state index contributed by atoms with van der Waals surface area (Å²) in [7, 11) is -1.88. The minimum atomic E-state index is -3.84. The summed E-state index contributed by atoms with van der Waals surface area (Å²) in [5, 5.41) is 0. The minimum Gasteiger partial charge on any atom is -0.326 e. The second-order valence-electron chi connectivity index (χ2n) is 5.10. The molecule has 1 aromatic carbocycles. The Morgan fingerprint density at radius 3 is 2.85 bits per heavy atom. The Labute approximate surface area is 119 Å². The summed E-state index contributed by atoms with van der Waals surface area (Å²) in [6.07, 6.45) is 2.00. The van der Waals surface area contributed by atoms with Crippen LogP contribution in [0.25, 0.3) is 0 Å². The van der Waals surface area contributed by atoms with E-state index in [0.717, 1.165) is 25.5 Å². The van der Waals surface area contributed by atoms with Crippen LogP contribution in [0.4, 0.5) is 4.39 Å². The fourth-order valence-electron chi connectivity index (χ4n) is 2.40. The first-order chi connectivity index (χ1) is 9.44. The first-order valence-corrected chi connectivity index (χ1v) is 8.11. The summed E-state index contributed by atoms with van der Waals surface area (Å²) in [5.41, 5.74) is 6.05. The van der Waals surface area contributed by atoms with Gasteiger partial charge in [-0.1, -0.05) is 6.07 Å². The molecule has 1 saturated heterocycles. The monoisotopic (exact) mass is 301 g/mol. The van der Waals surface area contributed by atoms with E-state index in [1.807, 2.05) is 7.05 Å². The highest BCUT2D eigenvalue weighted by atomic mass is 32.2. The average molecular weight is 301 g/mol.